The van der Waals surface area contributed by atoms with Gasteiger partial charge in [0.1, 0.15) is 0 Å². The number of benzene rings is 1. The smallest absolute Gasteiger partial charge is 0.329 e. The lowest BCUT2D eigenvalue weighted by Crippen LogP contribution is -2.49. The lowest BCUT2D eigenvalue weighted by molar-refractivity contribution is 0.103. The number of rotatable bonds is 8. The Morgan fingerprint density at radius 1 is 1.00 bits per heavy atom. The molecule has 0 radical (unpaired) electrons. The van der Waals surface area contributed by atoms with Crippen molar-refractivity contribution in [2.24, 2.45) is 22.7 Å². The van der Waals surface area contributed by atoms with Crippen LogP contribution < -0.4 is 21.3 Å². The minimum absolute atomic E-state index is 0.0598. The summed E-state index contributed by atoms with van der Waals surface area (Å²) in [5, 5.41) is 5.28. The zero-order chi connectivity index (χ0) is 24.1. The number of imidazole rings is 1. The Hall–Kier alpha value is -1.72. The van der Waals surface area contributed by atoms with Gasteiger partial charge in [-0.3, -0.25) is 9.13 Å². The van der Waals surface area contributed by atoms with Gasteiger partial charge in [-0.05, 0) is 37.3 Å². The van der Waals surface area contributed by atoms with Crippen molar-refractivity contribution < 1.29 is 8.42 Å². The van der Waals surface area contributed by atoms with Crippen molar-refractivity contribution in [3.05, 3.63) is 34.7 Å². The molecule has 1 aliphatic carbocycles. The summed E-state index contributed by atoms with van der Waals surface area (Å²) in [5.41, 5.74) is 7.46. The monoisotopic (exact) mass is 492 g/mol. The van der Waals surface area contributed by atoms with Crippen LogP contribution in [0.3, 0.4) is 0 Å². The van der Waals surface area contributed by atoms with E-state index in [1.165, 1.54) is 44.9 Å². The van der Waals surface area contributed by atoms with E-state index >= 15 is 0 Å². The first-order valence-corrected chi connectivity index (χ1v) is 14.3. The van der Waals surface area contributed by atoms with E-state index in [4.69, 9.17) is 10.9 Å². The van der Waals surface area contributed by atoms with Crippen LogP contribution in [0.1, 0.15) is 57.4 Å². The van der Waals surface area contributed by atoms with Crippen LogP contribution in [-0.2, 0) is 16.8 Å². The number of para-hydroxylation sites is 2. The summed E-state index contributed by atoms with van der Waals surface area (Å²) < 4.78 is 29.6. The van der Waals surface area contributed by atoms with E-state index in [0.717, 1.165) is 37.1 Å². The molecule has 2 atom stereocenters. The number of hydrogen-bond acceptors (Lipinski definition) is 5. The molecule has 0 amide bonds. The first-order chi connectivity index (χ1) is 16.4. The predicted octanol–water partition coefficient (Wildman–Crippen LogP) is 1.78. The number of hydrogen-bond donors (Lipinski definition) is 3. The Morgan fingerprint density at radius 2 is 1.68 bits per heavy atom. The fourth-order valence-electron chi connectivity index (χ4n) is 6.01. The molecule has 2 heterocycles. The standard InChI is InChI=1S/C24H40N6O3S/c25-13-15-29-22-10-6-7-11-23(22)30(24(29)31)21-12-14-28(18-20(21)16-27-34(26,32)33)17-19-8-4-2-1-3-5-9-19/h6-7,10-11,19-21,27H,1-5,8-9,12-18,25H2,(H2,26,32,33)/t20-,21-/m1/s1. The van der Waals surface area contributed by atoms with Gasteiger partial charge in [0.15, 0.2) is 0 Å². The van der Waals surface area contributed by atoms with Crippen molar-refractivity contribution in [2.75, 3.05) is 32.7 Å². The van der Waals surface area contributed by atoms with Crippen molar-refractivity contribution in [3.8, 4) is 0 Å². The first kappa shape index (κ1) is 25.4. The predicted molar refractivity (Wildman–Crippen MR) is 136 cm³/mol. The molecule has 1 aromatic carbocycles. The van der Waals surface area contributed by atoms with Gasteiger partial charge in [-0.2, -0.15) is 8.42 Å². The van der Waals surface area contributed by atoms with Crippen LogP contribution in [0.15, 0.2) is 29.1 Å². The molecule has 5 N–H and O–H groups in total. The number of nitrogens with one attached hydrogen (secondary N) is 1. The summed E-state index contributed by atoms with van der Waals surface area (Å²) in [7, 11) is -3.82. The zero-order valence-electron chi connectivity index (χ0n) is 20.1. The number of fused-ring (bicyclic) bond motifs is 1. The topological polar surface area (TPSA) is 128 Å². The van der Waals surface area contributed by atoms with Crippen LogP contribution >= 0.6 is 0 Å². The third-order valence-electron chi connectivity index (χ3n) is 7.62. The third kappa shape index (κ3) is 6.09. The molecular formula is C24H40N6O3S. The van der Waals surface area contributed by atoms with Gasteiger partial charge in [0.05, 0.1) is 11.0 Å². The first-order valence-electron chi connectivity index (χ1n) is 12.8. The van der Waals surface area contributed by atoms with Crippen molar-refractivity contribution in [3.63, 3.8) is 0 Å². The largest absolute Gasteiger partial charge is 0.329 e. The molecule has 2 fully saturated rings. The van der Waals surface area contributed by atoms with Crippen molar-refractivity contribution in [2.45, 2.75) is 64.0 Å². The molecule has 9 nitrogen and oxygen atoms in total. The van der Waals surface area contributed by atoms with E-state index in [0.29, 0.717) is 19.0 Å². The number of aromatic nitrogens is 2. The number of piperidine rings is 1. The molecule has 1 aliphatic heterocycles. The number of likely N-dealkylation sites (tertiary alicyclic amines) is 1. The Kier molecular flexibility index (Phi) is 8.47. The maximum absolute atomic E-state index is 13.5. The van der Waals surface area contributed by atoms with Crippen molar-refractivity contribution >= 4 is 21.2 Å². The molecule has 2 aliphatic rings. The second-order valence-electron chi connectivity index (χ2n) is 10.1. The highest BCUT2D eigenvalue weighted by Gasteiger charge is 2.34. The van der Waals surface area contributed by atoms with Gasteiger partial charge in [-0.1, -0.05) is 44.2 Å². The molecule has 190 valence electrons. The van der Waals surface area contributed by atoms with Crippen LogP contribution in [0.25, 0.3) is 11.0 Å². The molecule has 4 rings (SSSR count). The minimum atomic E-state index is -3.82. The van der Waals surface area contributed by atoms with Gasteiger partial charge < -0.3 is 10.6 Å². The van der Waals surface area contributed by atoms with Gasteiger partial charge in [0, 0.05) is 51.2 Å². The van der Waals surface area contributed by atoms with Crippen LogP contribution in [0.2, 0.25) is 0 Å². The minimum Gasteiger partial charge on any atom is -0.329 e. The molecule has 34 heavy (non-hydrogen) atoms. The molecule has 1 aromatic heterocycles. The maximum atomic E-state index is 13.5. The molecular weight excluding hydrogens is 452 g/mol. The van der Waals surface area contributed by atoms with Crippen LogP contribution in [0, 0.1) is 11.8 Å². The van der Waals surface area contributed by atoms with E-state index < -0.39 is 10.2 Å². The van der Waals surface area contributed by atoms with Gasteiger partial charge in [0.2, 0.25) is 0 Å². The molecule has 2 aromatic rings. The second kappa shape index (κ2) is 11.3. The second-order valence-corrected chi connectivity index (χ2v) is 11.4. The number of nitrogens with zero attached hydrogens (tertiary/aromatic N) is 3. The molecule has 0 bridgehead atoms. The quantitative estimate of drug-likeness (QED) is 0.517. The SMILES string of the molecule is NCCn1c(=O)n([C@@H]2CCN(CC3CCCCCCC3)C[C@H]2CNS(N)(=O)=O)c2ccccc21. The summed E-state index contributed by atoms with van der Waals surface area (Å²) >= 11 is 0. The Bertz CT molecular complexity index is 1100. The highest BCUT2D eigenvalue weighted by Crippen LogP contribution is 2.32. The van der Waals surface area contributed by atoms with Gasteiger partial charge in [-0.25, -0.2) is 14.7 Å². The van der Waals surface area contributed by atoms with Crippen LogP contribution in [0.5, 0.6) is 0 Å². The van der Waals surface area contributed by atoms with E-state index in [1.54, 1.807) is 4.57 Å². The Morgan fingerprint density at radius 3 is 2.35 bits per heavy atom. The summed E-state index contributed by atoms with van der Waals surface area (Å²) in [6.07, 6.45) is 9.94. The average molecular weight is 493 g/mol. The molecule has 0 spiro atoms. The summed E-state index contributed by atoms with van der Waals surface area (Å²) in [5.74, 6) is 0.633. The van der Waals surface area contributed by atoms with E-state index in [1.807, 2.05) is 28.8 Å². The van der Waals surface area contributed by atoms with E-state index in [-0.39, 0.29) is 24.2 Å². The molecule has 0 unspecified atom stereocenters. The normalized spacial score (nSPS) is 23.7. The fraction of sp³-hybridized carbons (Fsp3) is 0.708. The lowest BCUT2D eigenvalue weighted by atomic mass is 9.88. The van der Waals surface area contributed by atoms with Crippen LogP contribution in [0.4, 0.5) is 0 Å². The number of nitrogens with two attached hydrogens (primary N) is 2. The maximum Gasteiger partial charge on any atom is 0.329 e. The van der Waals surface area contributed by atoms with Crippen molar-refractivity contribution in [1.29, 1.82) is 0 Å². The van der Waals surface area contributed by atoms with E-state index in [9.17, 15) is 13.2 Å². The summed E-state index contributed by atoms with van der Waals surface area (Å²) in [6, 6.07) is 7.67. The highest BCUT2D eigenvalue weighted by molar-refractivity contribution is 7.87. The van der Waals surface area contributed by atoms with Gasteiger partial charge in [-0.15, -0.1) is 0 Å². The average Bonchev–Trinajstić information content (AvgIpc) is 3.05. The molecule has 1 saturated carbocycles. The summed E-state index contributed by atoms with van der Waals surface area (Å²) in [4.78, 5) is 16.0. The Balaban J connectivity index is 1.59. The van der Waals surface area contributed by atoms with Crippen molar-refractivity contribution in [1.82, 2.24) is 18.8 Å². The molecule has 1 saturated heterocycles. The van der Waals surface area contributed by atoms with E-state index in [2.05, 4.69) is 9.62 Å². The van der Waals surface area contributed by atoms with Crippen LogP contribution in [-0.4, -0.2) is 55.2 Å². The highest BCUT2D eigenvalue weighted by atomic mass is 32.2. The Labute approximate surface area is 202 Å². The zero-order valence-corrected chi connectivity index (χ0v) is 20.9. The van der Waals surface area contributed by atoms with Gasteiger partial charge in [0.25, 0.3) is 10.2 Å². The molecule has 10 heteroatoms. The fourth-order valence-corrected chi connectivity index (χ4v) is 6.46. The van der Waals surface area contributed by atoms with Gasteiger partial charge >= 0.3 is 5.69 Å². The summed E-state index contributed by atoms with van der Waals surface area (Å²) in [6.45, 7) is 3.73. The third-order valence-corrected chi connectivity index (χ3v) is 8.19. The lowest BCUT2D eigenvalue weighted by Gasteiger charge is -2.40.